The molecular formula is C25H36O4. The molecule has 0 unspecified atom stereocenters. The van der Waals surface area contributed by atoms with E-state index in [4.69, 9.17) is 14.2 Å². The normalized spacial score (nSPS) is 18.8. The van der Waals surface area contributed by atoms with E-state index in [0.29, 0.717) is 11.3 Å². The lowest BCUT2D eigenvalue weighted by Gasteiger charge is -2.33. The van der Waals surface area contributed by atoms with Crippen LogP contribution in [0.3, 0.4) is 0 Å². The average Bonchev–Trinajstić information content (AvgIpc) is 2.71. The number of benzene rings is 1. The van der Waals surface area contributed by atoms with Crippen LogP contribution in [0.1, 0.15) is 80.3 Å². The van der Waals surface area contributed by atoms with E-state index >= 15 is 0 Å². The van der Waals surface area contributed by atoms with Crippen LogP contribution in [0.15, 0.2) is 29.9 Å². The van der Waals surface area contributed by atoms with Gasteiger partial charge in [0.15, 0.2) is 0 Å². The van der Waals surface area contributed by atoms with Crippen molar-refractivity contribution >= 4 is 5.97 Å². The van der Waals surface area contributed by atoms with Gasteiger partial charge in [-0.1, -0.05) is 43.6 Å². The molecule has 1 aromatic carbocycles. The van der Waals surface area contributed by atoms with E-state index in [1.54, 1.807) is 14.2 Å². The van der Waals surface area contributed by atoms with Crippen molar-refractivity contribution in [3.05, 3.63) is 46.6 Å². The fraction of sp³-hybridized carbons (Fsp3) is 0.560. The molecule has 0 aromatic heterocycles. The number of ether oxygens (including phenoxy) is 3. The van der Waals surface area contributed by atoms with Gasteiger partial charge in [0.05, 0.1) is 21.3 Å². The highest BCUT2D eigenvalue weighted by Crippen LogP contribution is 2.48. The second kappa shape index (κ2) is 10.5. The molecular weight excluding hydrogens is 364 g/mol. The lowest BCUT2D eigenvalue weighted by Crippen LogP contribution is -2.20. The minimum absolute atomic E-state index is 0.0549. The monoisotopic (exact) mass is 400 g/mol. The third-order valence-corrected chi connectivity index (χ3v) is 5.94. The highest BCUT2D eigenvalue weighted by molar-refractivity contribution is 5.95. The standard InChI is InChI=1S/C25H36O4/c1-8-9-10-11-18-15-21(27-5)23(24(28-6)22(18)25(26)29-7)20-14-17(4)12-13-19(20)16(2)3/h14-15,19-20H,2,8-13H2,1,3-7H3/t19-,20-/m0/s1. The first-order chi connectivity index (χ1) is 13.9. The number of carbonyl (C=O) groups is 1. The zero-order chi connectivity index (χ0) is 21.6. The predicted octanol–water partition coefficient (Wildman–Crippen LogP) is 6.24. The molecule has 0 saturated heterocycles. The number of allylic oxidation sites excluding steroid dienone is 3. The summed E-state index contributed by atoms with van der Waals surface area (Å²) in [5, 5.41) is 0. The highest BCUT2D eigenvalue weighted by atomic mass is 16.5. The van der Waals surface area contributed by atoms with Gasteiger partial charge >= 0.3 is 5.97 Å². The van der Waals surface area contributed by atoms with Crippen molar-refractivity contribution in [2.75, 3.05) is 21.3 Å². The Morgan fingerprint density at radius 2 is 1.93 bits per heavy atom. The number of aryl methyl sites for hydroxylation is 1. The summed E-state index contributed by atoms with van der Waals surface area (Å²) >= 11 is 0. The van der Waals surface area contributed by atoms with E-state index in [1.807, 2.05) is 6.07 Å². The second-order valence-electron chi connectivity index (χ2n) is 8.04. The summed E-state index contributed by atoms with van der Waals surface area (Å²) < 4.78 is 16.8. The lowest BCUT2D eigenvalue weighted by molar-refractivity contribution is 0.0595. The SMILES string of the molecule is C=C(C)[C@@H]1CCC(C)=C[C@@H]1c1c(OC)cc(CCCCC)c(C(=O)OC)c1OC. The van der Waals surface area contributed by atoms with Crippen molar-refractivity contribution in [2.24, 2.45) is 5.92 Å². The van der Waals surface area contributed by atoms with E-state index in [-0.39, 0.29) is 17.8 Å². The molecule has 1 aromatic rings. The van der Waals surface area contributed by atoms with E-state index < -0.39 is 0 Å². The topological polar surface area (TPSA) is 44.8 Å². The third kappa shape index (κ3) is 5.04. The first kappa shape index (κ1) is 23.1. The van der Waals surface area contributed by atoms with Gasteiger partial charge in [0.2, 0.25) is 0 Å². The number of carbonyl (C=O) groups excluding carboxylic acids is 1. The fourth-order valence-corrected chi connectivity index (χ4v) is 4.39. The quantitative estimate of drug-likeness (QED) is 0.280. The van der Waals surface area contributed by atoms with Gasteiger partial charge in [0, 0.05) is 11.5 Å². The molecule has 160 valence electrons. The Balaban J connectivity index is 2.74. The molecule has 1 aliphatic rings. The first-order valence-corrected chi connectivity index (χ1v) is 10.6. The highest BCUT2D eigenvalue weighted by Gasteiger charge is 2.34. The molecule has 0 fully saturated rings. The van der Waals surface area contributed by atoms with Gasteiger partial charge in [-0.2, -0.15) is 0 Å². The van der Waals surface area contributed by atoms with Gasteiger partial charge in [-0.25, -0.2) is 4.79 Å². The molecule has 4 nitrogen and oxygen atoms in total. The van der Waals surface area contributed by atoms with Gasteiger partial charge in [-0.15, -0.1) is 0 Å². The molecule has 0 amide bonds. The Labute approximate surface area is 175 Å². The summed E-state index contributed by atoms with van der Waals surface area (Å²) in [5.41, 5.74) is 4.84. The maximum Gasteiger partial charge on any atom is 0.341 e. The summed E-state index contributed by atoms with van der Waals surface area (Å²) in [6.45, 7) is 10.6. The van der Waals surface area contributed by atoms with Crippen LogP contribution in [0.2, 0.25) is 0 Å². The number of unbranched alkanes of at least 4 members (excludes halogenated alkanes) is 2. The number of hydrogen-bond acceptors (Lipinski definition) is 4. The van der Waals surface area contributed by atoms with Crippen LogP contribution < -0.4 is 9.47 Å². The van der Waals surface area contributed by atoms with Crippen molar-refractivity contribution in [1.29, 1.82) is 0 Å². The summed E-state index contributed by atoms with van der Waals surface area (Å²) in [6.07, 6.45) is 8.37. The minimum Gasteiger partial charge on any atom is -0.496 e. The van der Waals surface area contributed by atoms with E-state index in [0.717, 1.165) is 61.0 Å². The van der Waals surface area contributed by atoms with Gasteiger partial charge in [-0.3, -0.25) is 0 Å². The van der Waals surface area contributed by atoms with Crippen LogP contribution in [0.4, 0.5) is 0 Å². The van der Waals surface area contributed by atoms with Crippen LogP contribution in [0, 0.1) is 5.92 Å². The maximum absolute atomic E-state index is 12.8. The minimum atomic E-state index is -0.361. The number of methoxy groups -OCH3 is 3. The average molecular weight is 401 g/mol. The smallest absolute Gasteiger partial charge is 0.341 e. The molecule has 1 aliphatic carbocycles. The van der Waals surface area contributed by atoms with Crippen LogP contribution in [-0.4, -0.2) is 27.3 Å². The zero-order valence-corrected chi connectivity index (χ0v) is 18.9. The van der Waals surface area contributed by atoms with E-state index in [9.17, 15) is 4.79 Å². The summed E-state index contributed by atoms with van der Waals surface area (Å²) in [4.78, 5) is 12.8. The van der Waals surface area contributed by atoms with Crippen LogP contribution in [-0.2, 0) is 11.2 Å². The number of esters is 1. The van der Waals surface area contributed by atoms with Crippen LogP contribution in [0.25, 0.3) is 0 Å². The van der Waals surface area contributed by atoms with Crippen molar-refractivity contribution in [3.63, 3.8) is 0 Å². The van der Waals surface area contributed by atoms with E-state index in [2.05, 4.69) is 33.4 Å². The Kier molecular flexibility index (Phi) is 8.36. The maximum atomic E-state index is 12.8. The van der Waals surface area contributed by atoms with Gasteiger partial charge in [0.1, 0.15) is 17.1 Å². The molecule has 0 radical (unpaired) electrons. The number of rotatable bonds is 9. The van der Waals surface area contributed by atoms with Gasteiger partial charge < -0.3 is 14.2 Å². The summed E-state index contributed by atoms with van der Waals surface area (Å²) in [7, 11) is 4.72. The summed E-state index contributed by atoms with van der Waals surface area (Å²) in [6, 6.07) is 2.01. The Hall–Kier alpha value is -2.23. The lowest BCUT2D eigenvalue weighted by atomic mass is 9.73. The molecule has 0 saturated carbocycles. The molecule has 0 aliphatic heterocycles. The Morgan fingerprint density at radius 1 is 1.21 bits per heavy atom. The van der Waals surface area contributed by atoms with Gasteiger partial charge in [0.25, 0.3) is 0 Å². The fourth-order valence-electron chi connectivity index (χ4n) is 4.39. The van der Waals surface area contributed by atoms with Crippen molar-refractivity contribution in [3.8, 4) is 11.5 Å². The first-order valence-electron chi connectivity index (χ1n) is 10.6. The molecule has 0 spiro atoms. The molecule has 2 atom stereocenters. The molecule has 4 heteroatoms. The molecule has 0 N–H and O–H groups in total. The summed E-state index contributed by atoms with van der Waals surface area (Å²) in [5.74, 6) is 1.31. The van der Waals surface area contributed by atoms with Crippen molar-refractivity contribution in [1.82, 2.24) is 0 Å². The molecule has 29 heavy (non-hydrogen) atoms. The predicted molar refractivity (Wildman–Crippen MR) is 118 cm³/mol. The third-order valence-electron chi connectivity index (χ3n) is 5.94. The molecule has 0 heterocycles. The molecule has 0 bridgehead atoms. The second-order valence-corrected chi connectivity index (χ2v) is 8.04. The van der Waals surface area contributed by atoms with Crippen molar-refractivity contribution in [2.45, 2.75) is 65.2 Å². The number of hydrogen-bond donors (Lipinski definition) is 0. The Bertz CT molecular complexity index is 776. The largest absolute Gasteiger partial charge is 0.496 e. The van der Waals surface area contributed by atoms with Crippen LogP contribution >= 0.6 is 0 Å². The van der Waals surface area contributed by atoms with Crippen molar-refractivity contribution < 1.29 is 19.0 Å². The zero-order valence-electron chi connectivity index (χ0n) is 18.9. The van der Waals surface area contributed by atoms with Crippen LogP contribution in [0.5, 0.6) is 11.5 Å². The van der Waals surface area contributed by atoms with E-state index in [1.165, 1.54) is 12.7 Å². The Morgan fingerprint density at radius 3 is 2.48 bits per heavy atom. The molecule has 2 rings (SSSR count). The van der Waals surface area contributed by atoms with Gasteiger partial charge in [-0.05, 0) is 57.1 Å².